The van der Waals surface area contributed by atoms with Crippen molar-refractivity contribution in [3.05, 3.63) is 26.6 Å². The molecule has 6 heteroatoms. The Morgan fingerprint density at radius 1 is 1.41 bits per heavy atom. The summed E-state index contributed by atoms with van der Waals surface area (Å²) in [6.07, 6.45) is 3.22. The summed E-state index contributed by atoms with van der Waals surface area (Å²) >= 11 is 1.66. The van der Waals surface area contributed by atoms with Gasteiger partial charge in [0.15, 0.2) is 0 Å². The molecule has 2 aromatic heterocycles. The molecule has 120 valence electrons. The van der Waals surface area contributed by atoms with Gasteiger partial charge >= 0.3 is 0 Å². The summed E-state index contributed by atoms with van der Waals surface area (Å²) in [6.45, 7) is 7.52. The van der Waals surface area contributed by atoms with E-state index in [1.165, 1.54) is 10.4 Å². The molecule has 22 heavy (non-hydrogen) atoms. The predicted molar refractivity (Wildman–Crippen MR) is 89.5 cm³/mol. The molecule has 0 atom stereocenters. The molecule has 0 saturated carbocycles. The number of rotatable bonds is 5. The van der Waals surface area contributed by atoms with Crippen LogP contribution in [0.4, 0.5) is 0 Å². The molecule has 1 aliphatic rings. The number of aryl methyl sites for hydroxylation is 2. The molecule has 0 aromatic carbocycles. The van der Waals surface area contributed by atoms with Crippen molar-refractivity contribution in [1.82, 2.24) is 14.9 Å². The second-order valence-electron chi connectivity index (χ2n) is 6.67. The van der Waals surface area contributed by atoms with Gasteiger partial charge in [0.2, 0.25) is 0 Å². The fourth-order valence-electron chi connectivity index (χ4n) is 3.16. The minimum absolute atomic E-state index is 0.0151. The van der Waals surface area contributed by atoms with Crippen molar-refractivity contribution in [3.63, 3.8) is 0 Å². The molecule has 3 rings (SSSR count). The Bertz CT molecular complexity index is 742. The third-order valence-corrected chi connectivity index (χ3v) is 5.24. The molecule has 2 heterocycles. The maximum Gasteiger partial charge on any atom is 0.259 e. The van der Waals surface area contributed by atoms with Crippen molar-refractivity contribution >= 4 is 21.6 Å². The Balaban J connectivity index is 1.90. The van der Waals surface area contributed by atoms with Gasteiger partial charge < -0.3 is 10.1 Å². The maximum absolute atomic E-state index is 12.4. The first-order valence-electron chi connectivity index (χ1n) is 7.85. The van der Waals surface area contributed by atoms with Gasteiger partial charge in [0, 0.05) is 11.4 Å². The topological polar surface area (TPSA) is 69.2 Å². The zero-order valence-corrected chi connectivity index (χ0v) is 14.2. The Morgan fingerprint density at radius 3 is 2.86 bits per heavy atom. The molecule has 0 amide bonds. The lowest BCUT2D eigenvalue weighted by molar-refractivity contribution is 0.0346. The molecule has 0 saturated heterocycles. The van der Waals surface area contributed by atoms with Crippen LogP contribution in [0.25, 0.3) is 10.2 Å². The first kappa shape index (κ1) is 15.6. The number of likely N-dealkylation sites (N-methyl/N-ethyl adjacent to an activating group) is 1. The largest absolute Gasteiger partial charge is 0.389 e. The van der Waals surface area contributed by atoms with Crippen LogP contribution in [0.3, 0.4) is 0 Å². The normalized spacial score (nSPS) is 15.0. The molecule has 0 fully saturated rings. The van der Waals surface area contributed by atoms with Gasteiger partial charge in [-0.3, -0.25) is 9.69 Å². The van der Waals surface area contributed by atoms with Gasteiger partial charge in [0.05, 0.1) is 17.5 Å². The fourth-order valence-corrected chi connectivity index (χ4v) is 4.44. The van der Waals surface area contributed by atoms with Crippen LogP contribution in [0.5, 0.6) is 0 Å². The van der Waals surface area contributed by atoms with Gasteiger partial charge in [0.1, 0.15) is 10.7 Å². The lowest BCUT2D eigenvalue weighted by atomic mass is 10.1. The highest BCUT2D eigenvalue weighted by atomic mass is 32.1. The Morgan fingerprint density at radius 2 is 2.18 bits per heavy atom. The van der Waals surface area contributed by atoms with Gasteiger partial charge in [-0.15, -0.1) is 11.3 Å². The van der Waals surface area contributed by atoms with E-state index in [0.29, 0.717) is 18.9 Å². The summed E-state index contributed by atoms with van der Waals surface area (Å²) < 4.78 is 0. The van der Waals surface area contributed by atoms with Crippen molar-refractivity contribution in [2.75, 3.05) is 13.1 Å². The van der Waals surface area contributed by atoms with E-state index in [1.54, 1.807) is 25.2 Å². The van der Waals surface area contributed by atoms with Crippen molar-refractivity contribution < 1.29 is 5.11 Å². The highest BCUT2D eigenvalue weighted by Crippen LogP contribution is 2.34. The second-order valence-corrected chi connectivity index (χ2v) is 7.75. The molecule has 0 unspecified atom stereocenters. The molecule has 0 radical (unpaired) electrons. The van der Waals surface area contributed by atoms with Crippen LogP contribution in [0.2, 0.25) is 0 Å². The summed E-state index contributed by atoms with van der Waals surface area (Å²) in [7, 11) is 0. The summed E-state index contributed by atoms with van der Waals surface area (Å²) in [5.41, 5.74) is 0.438. The predicted octanol–water partition coefficient (Wildman–Crippen LogP) is 2.07. The number of thiophene rings is 1. The number of nitrogens with zero attached hydrogens (tertiary/aromatic N) is 2. The highest BCUT2D eigenvalue weighted by Gasteiger charge is 2.22. The van der Waals surface area contributed by atoms with Gasteiger partial charge in [-0.2, -0.15) is 0 Å². The van der Waals surface area contributed by atoms with Crippen LogP contribution >= 0.6 is 11.3 Å². The average Bonchev–Trinajstić information content (AvgIpc) is 2.95. The number of H-pyrrole nitrogens is 1. The van der Waals surface area contributed by atoms with E-state index in [-0.39, 0.29) is 5.56 Å². The molecular weight excluding hydrogens is 298 g/mol. The Hall–Kier alpha value is -1.24. The van der Waals surface area contributed by atoms with Gasteiger partial charge in [0.25, 0.3) is 5.56 Å². The Labute approximate surface area is 134 Å². The van der Waals surface area contributed by atoms with Crippen LogP contribution in [0.15, 0.2) is 4.79 Å². The number of aromatic nitrogens is 2. The fraction of sp³-hybridized carbons (Fsp3) is 0.625. The molecule has 2 aromatic rings. The molecule has 0 bridgehead atoms. The van der Waals surface area contributed by atoms with Gasteiger partial charge in [-0.05, 0) is 45.2 Å². The van der Waals surface area contributed by atoms with E-state index in [4.69, 9.17) is 0 Å². The highest BCUT2D eigenvalue weighted by molar-refractivity contribution is 7.18. The van der Waals surface area contributed by atoms with Gasteiger partial charge in [-0.1, -0.05) is 6.92 Å². The van der Waals surface area contributed by atoms with Crippen molar-refractivity contribution in [1.29, 1.82) is 0 Å². The number of nitrogens with one attached hydrogen (secondary N) is 1. The summed E-state index contributed by atoms with van der Waals surface area (Å²) in [5, 5.41) is 10.8. The van der Waals surface area contributed by atoms with E-state index in [9.17, 15) is 9.90 Å². The third-order valence-electron chi connectivity index (χ3n) is 4.06. The maximum atomic E-state index is 12.4. The van der Waals surface area contributed by atoms with E-state index < -0.39 is 5.60 Å². The summed E-state index contributed by atoms with van der Waals surface area (Å²) in [6, 6.07) is 0. The lowest BCUT2D eigenvalue weighted by Gasteiger charge is -2.27. The van der Waals surface area contributed by atoms with Crippen molar-refractivity contribution in [2.24, 2.45) is 0 Å². The number of aromatic amines is 1. The molecule has 0 spiro atoms. The van der Waals surface area contributed by atoms with Crippen LogP contribution in [-0.4, -0.2) is 38.7 Å². The van der Waals surface area contributed by atoms with E-state index in [2.05, 4.69) is 14.9 Å². The zero-order valence-electron chi connectivity index (χ0n) is 13.4. The average molecular weight is 321 g/mol. The SMILES string of the molecule is CCN(Cc1nc2sc3c(c2c(=O)[nH]1)CCC3)CC(C)(C)O. The number of fused-ring (bicyclic) bond motifs is 3. The molecule has 1 aliphatic carbocycles. The van der Waals surface area contributed by atoms with E-state index in [0.717, 1.165) is 36.0 Å². The summed E-state index contributed by atoms with van der Waals surface area (Å²) in [4.78, 5) is 24.3. The summed E-state index contributed by atoms with van der Waals surface area (Å²) in [5.74, 6) is 0.684. The lowest BCUT2D eigenvalue weighted by Crippen LogP contribution is -2.38. The monoisotopic (exact) mass is 321 g/mol. The van der Waals surface area contributed by atoms with E-state index >= 15 is 0 Å². The molecule has 2 N–H and O–H groups in total. The van der Waals surface area contributed by atoms with Crippen LogP contribution in [-0.2, 0) is 19.4 Å². The van der Waals surface area contributed by atoms with E-state index in [1.807, 2.05) is 6.92 Å². The molecule has 0 aliphatic heterocycles. The smallest absolute Gasteiger partial charge is 0.259 e. The Kier molecular flexibility index (Phi) is 4.09. The number of aliphatic hydroxyl groups is 1. The van der Waals surface area contributed by atoms with Crippen LogP contribution < -0.4 is 5.56 Å². The standard InChI is InChI=1S/C16H23N3O2S/c1-4-19(9-16(2,3)21)8-12-17-14(20)13-10-6-5-7-11(10)22-15(13)18-12/h21H,4-9H2,1-3H3,(H,17,18,20). The third kappa shape index (κ3) is 3.09. The quantitative estimate of drug-likeness (QED) is 0.884. The number of hydrogen-bond acceptors (Lipinski definition) is 5. The minimum atomic E-state index is -0.759. The number of hydrogen-bond donors (Lipinski definition) is 2. The van der Waals surface area contributed by atoms with Crippen molar-refractivity contribution in [2.45, 2.75) is 52.2 Å². The molecular formula is C16H23N3O2S. The second kappa shape index (κ2) is 5.76. The molecule has 5 nitrogen and oxygen atoms in total. The van der Waals surface area contributed by atoms with Crippen LogP contribution in [0, 0.1) is 0 Å². The van der Waals surface area contributed by atoms with Crippen molar-refractivity contribution in [3.8, 4) is 0 Å². The zero-order chi connectivity index (χ0) is 15.9. The minimum Gasteiger partial charge on any atom is -0.389 e. The van der Waals surface area contributed by atoms with Gasteiger partial charge in [-0.25, -0.2) is 4.98 Å². The first-order chi connectivity index (χ1) is 10.4. The van der Waals surface area contributed by atoms with Crippen LogP contribution in [0.1, 0.15) is 43.5 Å². The first-order valence-corrected chi connectivity index (χ1v) is 8.67.